The topological polar surface area (TPSA) is 40.5 Å². The van der Waals surface area contributed by atoms with E-state index in [9.17, 15) is 0 Å². The lowest BCUT2D eigenvalue weighted by molar-refractivity contribution is -0.0350. The zero-order valence-electron chi connectivity index (χ0n) is 5.68. The fourth-order valence-corrected chi connectivity index (χ4v) is 0.183. The largest absolute Gasteiger partial charge is 0.393 e. The summed E-state index contributed by atoms with van der Waals surface area (Å²) in [6, 6.07) is 0. The molecule has 0 saturated heterocycles. The van der Waals surface area contributed by atoms with Crippen molar-refractivity contribution < 1.29 is 10.2 Å². The van der Waals surface area contributed by atoms with E-state index in [-0.39, 0.29) is 12.5 Å². The summed E-state index contributed by atoms with van der Waals surface area (Å²) in [5.74, 6) is 0.118. The second kappa shape index (κ2) is 2.46. The van der Waals surface area contributed by atoms with Crippen LogP contribution in [-0.4, -0.2) is 22.4 Å². The highest BCUT2D eigenvalue weighted by Gasteiger charge is 2.22. The van der Waals surface area contributed by atoms with Crippen molar-refractivity contribution in [3.8, 4) is 0 Å². The van der Waals surface area contributed by atoms with Gasteiger partial charge >= 0.3 is 0 Å². The molecule has 50 valence electrons. The highest BCUT2D eigenvalue weighted by molar-refractivity contribution is 4.73. The van der Waals surface area contributed by atoms with Crippen LogP contribution in [0.2, 0.25) is 0 Å². The molecule has 0 radical (unpaired) electrons. The summed E-state index contributed by atoms with van der Waals surface area (Å²) in [6.45, 7) is 5.20. The third-order valence-corrected chi connectivity index (χ3v) is 1.56. The standard InChI is InChI=1S/C6H14O2/c1-5(2)6(3,8)4-7/h5,7-8H,4H2,1-3H3/t6-/m1/s1. The third kappa shape index (κ3) is 1.80. The summed E-state index contributed by atoms with van der Waals surface area (Å²) >= 11 is 0. The molecule has 0 saturated carbocycles. The maximum absolute atomic E-state index is 9.15. The molecule has 0 aromatic heterocycles. The van der Waals surface area contributed by atoms with Crippen LogP contribution >= 0.6 is 0 Å². The van der Waals surface area contributed by atoms with Crippen molar-refractivity contribution in [2.45, 2.75) is 26.4 Å². The van der Waals surface area contributed by atoms with Gasteiger partial charge in [-0.25, -0.2) is 0 Å². The van der Waals surface area contributed by atoms with Gasteiger partial charge in [-0.2, -0.15) is 0 Å². The van der Waals surface area contributed by atoms with Crippen LogP contribution < -0.4 is 0 Å². The van der Waals surface area contributed by atoms with Gasteiger partial charge in [-0.15, -0.1) is 0 Å². The molecule has 0 aliphatic carbocycles. The number of aliphatic hydroxyl groups is 2. The first-order chi connectivity index (χ1) is 3.50. The summed E-state index contributed by atoms with van der Waals surface area (Å²) in [4.78, 5) is 0. The van der Waals surface area contributed by atoms with Crippen molar-refractivity contribution in [1.29, 1.82) is 0 Å². The average molecular weight is 118 g/mol. The zero-order valence-corrected chi connectivity index (χ0v) is 5.68. The van der Waals surface area contributed by atoms with E-state index in [1.54, 1.807) is 6.92 Å². The van der Waals surface area contributed by atoms with E-state index in [4.69, 9.17) is 10.2 Å². The van der Waals surface area contributed by atoms with Gasteiger partial charge in [0.25, 0.3) is 0 Å². The van der Waals surface area contributed by atoms with Gasteiger partial charge in [0, 0.05) is 0 Å². The minimum atomic E-state index is -0.903. The van der Waals surface area contributed by atoms with Crippen LogP contribution in [0.5, 0.6) is 0 Å². The third-order valence-electron chi connectivity index (χ3n) is 1.56. The van der Waals surface area contributed by atoms with Gasteiger partial charge in [-0.3, -0.25) is 0 Å². The van der Waals surface area contributed by atoms with Crippen molar-refractivity contribution in [2.75, 3.05) is 6.61 Å². The SMILES string of the molecule is CC(C)[C@](C)(O)CO. The highest BCUT2D eigenvalue weighted by Crippen LogP contribution is 2.13. The van der Waals surface area contributed by atoms with Gasteiger partial charge < -0.3 is 10.2 Å². The zero-order chi connectivity index (χ0) is 6.78. The van der Waals surface area contributed by atoms with Crippen LogP contribution in [0.1, 0.15) is 20.8 Å². The molecular weight excluding hydrogens is 104 g/mol. The first-order valence-corrected chi connectivity index (χ1v) is 2.84. The summed E-state index contributed by atoms with van der Waals surface area (Å²) in [6.07, 6.45) is 0. The minimum absolute atomic E-state index is 0.118. The molecule has 0 aromatic carbocycles. The molecule has 1 atom stereocenters. The number of hydrogen-bond donors (Lipinski definition) is 2. The minimum Gasteiger partial charge on any atom is -0.393 e. The Morgan fingerprint density at radius 3 is 1.88 bits per heavy atom. The Morgan fingerprint density at radius 1 is 1.50 bits per heavy atom. The summed E-state index contributed by atoms with van der Waals surface area (Å²) < 4.78 is 0. The molecule has 0 aromatic rings. The second-order valence-electron chi connectivity index (χ2n) is 2.67. The van der Waals surface area contributed by atoms with Crippen molar-refractivity contribution in [2.24, 2.45) is 5.92 Å². The Balaban J connectivity index is 3.71. The Bertz CT molecular complexity index is 66.9. The molecule has 0 aliphatic rings. The van der Waals surface area contributed by atoms with Gasteiger partial charge in [-0.05, 0) is 12.8 Å². The molecule has 0 bridgehead atoms. The fraction of sp³-hybridized carbons (Fsp3) is 1.00. The summed E-state index contributed by atoms with van der Waals surface area (Å²) in [5, 5.41) is 17.7. The molecule has 8 heavy (non-hydrogen) atoms. The van der Waals surface area contributed by atoms with Crippen LogP contribution in [0.15, 0.2) is 0 Å². The number of rotatable bonds is 2. The maximum atomic E-state index is 9.15. The van der Waals surface area contributed by atoms with Crippen LogP contribution in [0.4, 0.5) is 0 Å². The lowest BCUT2D eigenvalue weighted by atomic mass is 9.94. The van der Waals surface area contributed by atoms with E-state index in [1.165, 1.54) is 0 Å². The molecule has 0 amide bonds. The molecule has 2 heteroatoms. The van der Waals surface area contributed by atoms with E-state index in [0.29, 0.717) is 0 Å². The molecule has 0 rings (SSSR count). The normalized spacial score (nSPS) is 18.8. The molecule has 2 N–H and O–H groups in total. The van der Waals surface area contributed by atoms with Gasteiger partial charge in [0.2, 0.25) is 0 Å². The molecule has 0 fully saturated rings. The summed E-state index contributed by atoms with van der Waals surface area (Å²) in [7, 11) is 0. The maximum Gasteiger partial charge on any atom is 0.0872 e. The highest BCUT2D eigenvalue weighted by atomic mass is 16.3. The van der Waals surface area contributed by atoms with E-state index in [0.717, 1.165) is 0 Å². The van der Waals surface area contributed by atoms with Gasteiger partial charge in [0.15, 0.2) is 0 Å². The molecule has 0 spiro atoms. The van der Waals surface area contributed by atoms with E-state index >= 15 is 0 Å². The average Bonchev–Trinajstić information content (AvgIpc) is 1.67. The lowest BCUT2D eigenvalue weighted by Crippen LogP contribution is -2.34. The molecular formula is C6H14O2. The molecule has 0 unspecified atom stereocenters. The fourth-order valence-electron chi connectivity index (χ4n) is 0.183. The molecule has 0 aliphatic heterocycles. The smallest absolute Gasteiger partial charge is 0.0872 e. The first-order valence-electron chi connectivity index (χ1n) is 2.84. The van der Waals surface area contributed by atoms with Crippen LogP contribution in [0.25, 0.3) is 0 Å². The van der Waals surface area contributed by atoms with Crippen molar-refractivity contribution in [1.82, 2.24) is 0 Å². The van der Waals surface area contributed by atoms with Crippen LogP contribution in [0, 0.1) is 5.92 Å². The van der Waals surface area contributed by atoms with E-state index in [2.05, 4.69) is 0 Å². The Hall–Kier alpha value is -0.0800. The molecule has 2 nitrogen and oxygen atoms in total. The van der Waals surface area contributed by atoms with Gasteiger partial charge in [0.1, 0.15) is 0 Å². The quantitative estimate of drug-likeness (QED) is 0.550. The van der Waals surface area contributed by atoms with Crippen molar-refractivity contribution in [3.63, 3.8) is 0 Å². The van der Waals surface area contributed by atoms with Crippen molar-refractivity contribution in [3.05, 3.63) is 0 Å². The number of hydrogen-bond acceptors (Lipinski definition) is 2. The molecule has 0 heterocycles. The Labute approximate surface area is 50.2 Å². The van der Waals surface area contributed by atoms with Gasteiger partial charge in [-0.1, -0.05) is 13.8 Å². The van der Waals surface area contributed by atoms with Crippen molar-refractivity contribution >= 4 is 0 Å². The lowest BCUT2D eigenvalue weighted by Gasteiger charge is -2.24. The van der Waals surface area contributed by atoms with Crippen LogP contribution in [0.3, 0.4) is 0 Å². The Morgan fingerprint density at radius 2 is 1.88 bits per heavy atom. The monoisotopic (exact) mass is 118 g/mol. The Kier molecular flexibility index (Phi) is 2.44. The summed E-state index contributed by atoms with van der Waals surface area (Å²) in [5.41, 5.74) is -0.903. The first kappa shape index (κ1) is 7.92. The van der Waals surface area contributed by atoms with Crippen LogP contribution in [-0.2, 0) is 0 Å². The second-order valence-corrected chi connectivity index (χ2v) is 2.67. The predicted molar refractivity (Wildman–Crippen MR) is 32.5 cm³/mol. The van der Waals surface area contributed by atoms with Gasteiger partial charge in [0.05, 0.1) is 12.2 Å². The van der Waals surface area contributed by atoms with E-state index < -0.39 is 5.60 Å². The van der Waals surface area contributed by atoms with E-state index in [1.807, 2.05) is 13.8 Å². The predicted octanol–water partition coefficient (Wildman–Crippen LogP) is 0.386. The number of aliphatic hydroxyl groups excluding tert-OH is 1.